The summed E-state index contributed by atoms with van der Waals surface area (Å²) in [5.41, 5.74) is 2.94. The Kier molecular flexibility index (Phi) is 5.35. The Labute approximate surface area is 147 Å². The predicted molar refractivity (Wildman–Crippen MR) is 100 cm³/mol. The highest BCUT2D eigenvalue weighted by Crippen LogP contribution is 2.22. The summed E-state index contributed by atoms with van der Waals surface area (Å²) < 4.78 is 0. The van der Waals surface area contributed by atoms with Crippen molar-refractivity contribution in [3.63, 3.8) is 0 Å². The predicted octanol–water partition coefficient (Wildman–Crippen LogP) is 2.89. The first-order chi connectivity index (χ1) is 11.7. The number of fused-ring (bicyclic) bond motifs is 1. The van der Waals surface area contributed by atoms with Crippen LogP contribution in [0.4, 0.5) is 0 Å². The number of nitrogens with zero attached hydrogens (tertiary/aromatic N) is 4. The summed E-state index contributed by atoms with van der Waals surface area (Å²) in [5.74, 6) is -0.0337. The molecule has 1 aromatic carbocycles. The molecule has 3 rings (SSSR count). The minimum absolute atomic E-state index is 0.0337. The van der Waals surface area contributed by atoms with E-state index in [2.05, 4.69) is 28.8 Å². The van der Waals surface area contributed by atoms with Gasteiger partial charge >= 0.3 is 0 Å². The molecular weight excluding hydrogens is 320 g/mol. The molecule has 5 nitrogen and oxygen atoms in total. The second-order valence-corrected chi connectivity index (χ2v) is 6.59. The van der Waals surface area contributed by atoms with Gasteiger partial charge in [-0.2, -0.15) is 5.10 Å². The monoisotopic (exact) mass is 342 g/mol. The summed E-state index contributed by atoms with van der Waals surface area (Å²) in [6.07, 6.45) is 5.43. The SMILES string of the molecule is C=CCN1CCCC(C(=O)N2Cc3ccccc3CN=C2SC)=N1. The lowest BCUT2D eigenvalue weighted by molar-refractivity contribution is -0.121. The molecule has 6 heteroatoms. The number of benzene rings is 1. The molecule has 0 aromatic heterocycles. The quantitative estimate of drug-likeness (QED) is 0.794. The van der Waals surface area contributed by atoms with Crippen LogP contribution in [0.2, 0.25) is 0 Å². The lowest BCUT2D eigenvalue weighted by Gasteiger charge is -2.27. The van der Waals surface area contributed by atoms with E-state index in [0.29, 0.717) is 31.8 Å². The van der Waals surface area contributed by atoms with Crippen LogP contribution in [-0.2, 0) is 17.9 Å². The third kappa shape index (κ3) is 3.53. The van der Waals surface area contributed by atoms with E-state index >= 15 is 0 Å². The summed E-state index contributed by atoms with van der Waals surface area (Å²) in [6, 6.07) is 8.17. The number of carbonyl (C=O) groups is 1. The first-order valence-electron chi connectivity index (χ1n) is 8.13. The first-order valence-corrected chi connectivity index (χ1v) is 9.36. The van der Waals surface area contributed by atoms with Crippen LogP contribution < -0.4 is 0 Å². The van der Waals surface area contributed by atoms with Crippen LogP contribution in [0.1, 0.15) is 24.0 Å². The van der Waals surface area contributed by atoms with Crippen molar-refractivity contribution in [1.29, 1.82) is 0 Å². The molecule has 0 radical (unpaired) electrons. The summed E-state index contributed by atoms with van der Waals surface area (Å²) >= 11 is 1.51. The molecule has 0 aliphatic carbocycles. The Morgan fingerprint density at radius 1 is 1.38 bits per heavy atom. The van der Waals surface area contributed by atoms with E-state index in [0.717, 1.165) is 23.7 Å². The van der Waals surface area contributed by atoms with Crippen molar-refractivity contribution in [2.45, 2.75) is 25.9 Å². The molecule has 0 unspecified atom stereocenters. The van der Waals surface area contributed by atoms with Crippen LogP contribution in [0, 0.1) is 0 Å². The van der Waals surface area contributed by atoms with Crippen molar-refractivity contribution in [2.24, 2.45) is 10.1 Å². The van der Waals surface area contributed by atoms with Crippen molar-refractivity contribution in [3.8, 4) is 0 Å². The molecule has 0 bridgehead atoms. The van der Waals surface area contributed by atoms with Gasteiger partial charge in [-0.25, -0.2) is 0 Å². The number of amidine groups is 1. The van der Waals surface area contributed by atoms with Gasteiger partial charge in [0.15, 0.2) is 5.17 Å². The van der Waals surface area contributed by atoms with Crippen molar-refractivity contribution in [1.82, 2.24) is 9.91 Å². The normalized spacial score (nSPS) is 17.5. The zero-order chi connectivity index (χ0) is 16.9. The van der Waals surface area contributed by atoms with E-state index in [1.54, 1.807) is 4.90 Å². The zero-order valence-corrected chi connectivity index (χ0v) is 14.8. The fourth-order valence-electron chi connectivity index (χ4n) is 2.96. The molecule has 0 fully saturated rings. The molecule has 0 N–H and O–H groups in total. The number of aliphatic imine (C=N–C) groups is 1. The molecule has 24 heavy (non-hydrogen) atoms. The second-order valence-electron chi connectivity index (χ2n) is 5.81. The van der Waals surface area contributed by atoms with E-state index in [4.69, 9.17) is 0 Å². The molecule has 2 aliphatic rings. The third-order valence-corrected chi connectivity index (χ3v) is 4.88. The van der Waals surface area contributed by atoms with Crippen molar-refractivity contribution in [3.05, 3.63) is 48.0 Å². The summed E-state index contributed by atoms with van der Waals surface area (Å²) in [4.78, 5) is 19.5. The van der Waals surface area contributed by atoms with Crippen molar-refractivity contribution >= 4 is 28.5 Å². The number of carbonyl (C=O) groups excluding carboxylic acids is 1. The van der Waals surface area contributed by atoms with Gasteiger partial charge in [0.05, 0.1) is 19.6 Å². The molecular formula is C18H22N4OS. The maximum absolute atomic E-state index is 13.1. The highest BCUT2D eigenvalue weighted by Gasteiger charge is 2.28. The number of amides is 1. The van der Waals surface area contributed by atoms with Gasteiger partial charge < -0.3 is 0 Å². The fourth-order valence-corrected chi connectivity index (χ4v) is 3.52. The molecule has 0 spiro atoms. The molecule has 0 saturated carbocycles. The van der Waals surface area contributed by atoms with Crippen LogP contribution in [0.3, 0.4) is 0 Å². The van der Waals surface area contributed by atoms with E-state index in [9.17, 15) is 4.79 Å². The summed E-state index contributed by atoms with van der Waals surface area (Å²) in [6.45, 7) is 6.46. The van der Waals surface area contributed by atoms with Gasteiger partial charge in [-0.05, 0) is 30.2 Å². The van der Waals surface area contributed by atoms with Gasteiger partial charge in [0.25, 0.3) is 5.91 Å². The standard InChI is InChI=1S/C18H22N4OS/c1-3-10-21-11-6-9-16(20-21)17(23)22-13-15-8-5-4-7-14(15)12-19-18(22)24-2/h3-5,7-8H,1,6,9-13H2,2H3. The summed E-state index contributed by atoms with van der Waals surface area (Å²) in [7, 11) is 0. The number of hydrogen-bond acceptors (Lipinski definition) is 5. The highest BCUT2D eigenvalue weighted by molar-refractivity contribution is 8.13. The molecule has 126 valence electrons. The summed E-state index contributed by atoms with van der Waals surface area (Å²) in [5, 5.41) is 7.20. The Balaban J connectivity index is 1.88. The van der Waals surface area contributed by atoms with Gasteiger partial charge in [0, 0.05) is 6.54 Å². The molecule has 1 amide bonds. The van der Waals surface area contributed by atoms with Crippen LogP contribution in [0.15, 0.2) is 47.0 Å². The Hall–Kier alpha value is -2.08. The minimum Gasteiger partial charge on any atom is -0.293 e. The maximum atomic E-state index is 13.1. The third-order valence-electron chi connectivity index (χ3n) is 4.17. The lowest BCUT2D eigenvalue weighted by Crippen LogP contribution is -2.41. The van der Waals surface area contributed by atoms with Gasteiger partial charge in [-0.3, -0.25) is 19.7 Å². The topological polar surface area (TPSA) is 48.3 Å². The largest absolute Gasteiger partial charge is 0.293 e. The van der Waals surface area contributed by atoms with E-state index in [1.807, 2.05) is 29.5 Å². The molecule has 2 aliphatic heterocycles. The molecule has 2 heterocycles. The van der Waals surface area contributed by atoms with Gasteiger partial charge in [-0.15, -0.1) is 6.58 Å². The fraction of sp³-hybridized carbons (Fsp3) is 0.389. The number of hydrogen-bond donors (Lipinski definition) is 0. The van der Waals surface area contributed by atoms with Crippen molar-refractivity contribution in [2.75, 3.05) is 19.3 Å². The average Bonchev–Trinajstić information content (AvgIpc) is 2.81. The van der Waals surface area contributed by atoms with Gasteiger partial charge in [0.1, 0.15) is 5.71 Å². The lowest BCUT2D eigenvalue weighted by atomic mass is 10.1. The van der Waals surface area contributed by atoms with E-state index in [1.165, 1.54) is 17.3 Å². The number of rotatable bonds is 3. The van der Waals surface area contributed by atoms with Crippen LogP contribution in [0.5, 0.6) is 0 Å². The van der Waals surface area contributed by atoms with E-state index < -0.39 is 0 Å². The Morgan fingerprint density at radius 3 is 2.92 bits per heavy atom. The van der Waals surface area contributed by atoms with Crippen molar-refractivity contribution < 1.29 is 4.79 Å². The van der Waals surface area contributed by atoms with E-state index in [-0.39, 0.29) is 5.91 Å². The molecule has 0 saturated heterocycles. The maximum Gasteiger partial charge on any atom is 0.276 e. The minimum atomic E-state index is -0.0337. The first kappa shape index (κ1) is 16.8. The van der Waals surface area contributed by atoms with Gasteiger partial charge in [0.2, 0.25) is 0 Å². The second kappa shape index (κ2) is 7.66. The average molecular weight is 342 g/mol. The molecule has 0 atom stereocenters. The number of hydrazone groups is 1. The number of thioether (sulfide) groups is 1. The zero-order valence-electron chi connectivity index (χ0n) is 13.9. The van der Waals surface area contributed by atoms with Gasteiger partial charge in [-0.1, -0.05) is 42.1 Å². The van der Waals surface area contributed by atoms with Crippen LogP contribution >= 0.6 is 11.8 Å². The Morgan fingerprint density at radius 2 is 2.17 bits per heavy atom. The van der Waals surface area contributed by atoms with Crippen LogP contribution in [0.25, 0.3) is 0 Å². The molecule has 1 aromatic rings. The smallest absolute Gasteiger partial charge is 0.276 e. The Bertz CT molecular complexity index is 698. The van der Waals surface area contributed by atoms with Crippen LogP contribution in [-0.4, -0.2) is 46.0 Å². The highest BCUT2D eigenvalue weighted by atomic mass is 32.2.